The Balaban J connectivity index is 2.81. The van der Waals surface area contributed by atoms with Crippen molar-refractivity contribution in [2.75, 3.05) is 13.7 Å². The molecule has 0 aromatic carbocycles. The van der Waals surface area contributed by atoms with Crippen LogP contribution >= 0.6 is 11.3 Å². The third-order valence-electron chi connectivity index (χ3n) is 2.72. The van der Waals surface area contributed by atoms with Gasteiger partial charge in [-0.1, -0.05) is 6.92 Å². The van der Waals surface area contributed by atoms with Crippen LogP contribution in [-0.2, 0) is 10.9 Å². The predicted octanol–water partition coefficient (Wildman–Crippen LogP) is 3.63. The first kappa shape index (κ1) is 16.4. The molecule has 0 saturated heterocycles. The molecule has 19 heavy (non-hydrogen) atoms. The van der Waals surface area contributed by atoms with Crippen LogP contribution in [0.5, 0.6) is 0 Å². The molecule has 1 aromatic heterocycles. The quantitative estimate of drug-likeness (QED) is 0.834. The van der Waals surface area contributed by atoms with Gasteiger partial charge in [-0.15, -0.1) is 11.3 Å². The van der Waals surface area contributed by atoms with E-state index in [1.807, 2.05) is 13.8 Å². The molecule has 0 fully saturated rings. The van der Waals surface area contributed by atoms with Crippen LogP contribution in [0.1, 0.15) is 42.6 Å². The minimum atomic E-state index is -4.37. The molecule has 0 spiro atoms. The molecule has 2 atom stereocenters. The number of aromatic nitrogens is 1. The average molecular weight is 296 g/mol. The summed E-state index contributed by atoms with van der Waals surface area (Å²) in [6, 6.07) is -0.150. The number of rotatable bonds is 7. The second-order valence-corrected chi connectivity index (χ2v) is 5.42. The average Bonchev–Trinajstić information content (AvgIpc) is 2.83. The fraction of sp³-hybridized carbons (Fsp3) is 0.750. The summed E-state index contributed by atoms with van der Waals surface area (Å²) < 4.78 is 42.8. The lowest BCUT2D eigenvalue weighted by molar-refractivity contribution is -0.137. The maximum atomic E-state index is 12.5. The Bertz CT molecular complexity index is 381. The maximum absolute atomic E-state index is 12.5. The number of methoxy groups -OCH3 is 1. The van der Waals surface area contributed by atoms with E-state index in [1.165, 1.54) is 6.20 Å². The lowest BCUT2D eigenvalue weighted by atomic mass is 10.1. The number of thiazole rings is 1. The molecule has 7 heteroatoms. The highest BCUT2D eigenvalue weighted by atomic mass is 32.1. The fourth-order valence-corrected chi connectivity index (χ4v) is 2.50. The zero-order valence-corrected chi connectivity index (χ0v) is 12.1. The van der Waals surface area contributed by atoms with E-state index in [0.29, 0.717) is 22.6 Å². The second-order valence-electron chi connectivity index (χ2n) is 4.35. The molecule has 1 heterocycles. The third kappa shape index (κ3) is 5.08. The molecule has 0 saturated carbocycles. The number of hydrogen-bond donors (Lipinski definition) is 1. The molecule has 0 amide bonds. The summed E-state index contributed by atoms with van der Waals surface area (Å²) in [5, 5.41) is 2.44. The Labute approximate surface area is 115 Å². The van der Waals surface area contributed by atoms with Crippen LogP contribution in [0.3, 0.4) is 0 Å². The lowest BCUT2D eigenvalue weighted by Gasteiger charge is -2.20. The van der Waals surface area contributed by atoms with Gasteiger partial charge in [0.25, 0.3) is 0 Å². The third-order valence-corrected chi connectivity index (χ3v) is 3.88. The predicted molar refractivity (Wildman–Crippen MR) is 69.2 cm³/mol. The smallest absolute Gasteiger partial charge is 0.382 e. The van der Waals surface area contributed by atoms with Gasteiger partial charge in [0, 0.05) is 24.2 Å². The van der Waals surface area contributed by atoms with Crippen molar-refractivity contribution in [1.29, 1.82) is 0 Å². The highest BCUT2D eigenvalue weighted by Gasteiger charge is 2.35. The Morgan fingerprint density at radius 1 is 1.47 bits per heavy atom. The summed E-state index contributed by atoms with van der Waals surface area (Å²) in [5.41, 5.74) is 0. The van der Waals surface area contributed by atoms with Gasteiger partial charge in [0.1, 0.15) is 0 Å². The minimum Gasteiger partial charge on any atom is -0.382 e. The summed E-state index contributed by atoms with van der Waals surface area (Å²) in [6.45, 7) is 4.66. The van der Waals surface area contributed by atoms with Crippen LogP contribution in [-0.4, -0.2) is 24.7 Å². The number of nitrogens with one attached hydrogen (secondary N) is 1. The van der Waals surface area contributed by atoms with E-state index in [4.69, 9.17) is 4.74 Å². The van der Waals surface area contributed by atoms with E-state index in [1.54, 1.807) is 7.11 Å². The first-order valence-corrected chi connectivity index (χ1v) is 6.99. The normalized spacial score (nSPS) is 15.5. The van der Waals surface area contributed by atoms with Gasteiger partial charge in [-0.25, -0.2) is 4.98 Å². The summed E-state index contributed by atoms with van der Waals surface area (Å²) in [7, 11) is 1.59. The molecule has 1 N–H and O–H groups in total. The number of halogens is 3. The zero-order chi connectivity index (χ0) is 14.5. The van der Waals surface area contributed by atoms with Crippen molar-refractivity contribution in [1.82, 2.24) is 10.3 Å². The van der Waals surface area contributed by atoms with Crippen molar-refractivity contribution in [2.24, 2.45) is 0 Å². The fourth-order valence-electron chi connectivity index (χ4n) is 1.63. The second kappa shape index (κ2) is 7.21. The highest BCUT2D eigenvalue weighted by molar-refractivity contribution is 7.11. The van der Waals surface area contributed by atoms with Gasteiger partial charge in [0.2, 0.25) is 0 Å². The molecule has 0 aliphatic heterocycles. The summed E-state index contributed by atoms with van der Waals surface area (Å²) in [4.78, 5) is 4.06. The van der Waals surface area contributed by atoms with Gasteiger partial charge in [-0.05, 0) is 26.3 Å². The van der Waals surface area contributed by atoms with Gasteiger partial charge in [-0.2, -0.15) is 13.2 Å². The Hall–Kier alpha value is -0.660. The van der Waals surface area contributed by atoms with Gasteiger partial charge in [0.15, 0.2) is 5.01 Å². The topological polar surface area (TPSA) is 34.1 Å². The van der Waals surface area contributed by atoms with Crippen LogP contribution < -0.4 is 5.32 Å². The van der Waals surface area contributed by atoms with Crippen LogP contribution in [0.2, 0.25) is 0 Å². The van der Waals surface area contributed by atoms with Crippen molar-refractivity contribution in [2.45, 2.75) is 45.0 Å². The Kier molecular flexibility index (Phi) is 6.22. The highest BCUT2D eigenvalue weighted by Crippen LogP contribution is 2.35. The Morgan fingerprint density at radius 3 is 2.63 bits per heavy atom. The largest absolute Gasteiger partial charge is 0.443 e. The molecule has 0 aliphatic carbocycles. The summed E-state index contributed by atoms with van der Waals surface area (Å²) >= 11 is 0.697. The first-order valence-electron chi connectivity index (χ1n) is 6.17. The summed E-state index contributed by atoms with van der Waals surface area (Å²) in [5.74, 6) is 0. The summed E-state index contributed by atoms with van der Waals surface area (Å²) in [6.07, 6.45) is -1.54. The monoisotopic (exact) mass is 296 g/mol. The van der Waals surface area contributed by atoms with E-state index < -0.39 is 11.2 Å². The molecule has 0 radical (unpaired) electrons. The Morgan fingerprint density at radius 2 is 2.16 bits per heavy atom. The lowest BCUT2D eigenvalue weighted by Crippen LogP contribution is -2.25. The molecular weight excluding hydrogens is 277 g/mol. The standard InChI is InChI=1S/C12H19F3N2OS/c1-4-5-16-9(6-8(2)18-3)10-7-17-11(19-10)12(13,14)15/h7-9,16H,4-6H2,1-3H3. The van der Waals surface area contributed by atoms with E-state index in [-0.39, 0.29) is 12.1 Å². The first-order chi connectivity index (χ1) is 8.88. The molecule has 0 bridgehead atoms. The molecule has 3 nitrogen and oxygen atoms in total. The van der Waals surface area contributed by atoms with Crippen molar-refractivity contribution in [3.05, 3.63) is 16.1 Å². The van der Waals surface area contributed by atoms with Crippen LogP contribution in [0.25, 0.3) is 0 Å². The van der Waals surface area contributed by atoms with Gasteiger partial charge < -0.3 is 10.1 Å². The molecule has 1 rings (SSSR count). The number of alkyl halides is 3. The number of nitrogens with zero attached hydrogens (tertiary/aromatic N) is 1. The molecule has 0 aliphatic rings. The van der Waals surface area contributed by atoms with E-state index in [9.17, 15) is 13.2 Å². The zero-order valence-electron chi connectivity index (χ0n) is 11.3. The minimum absolute atomic E-state index is 0.0224. The van der Waals surface area contributed by atoms with E-state index in [0.717, 1.165) is 13.0 Å². The number of hydrogen-bond acceptors (Lipinski definition) is 4. The van der Waals surface area contributed by atoms with Crippen LogP contribution in [0.4, 0.5) is 13.2 Å². The molecule has 1 aromatic rings. The van der Waals surface area contributed by atoms with Crippen LogP contribution in [0, 0.1) is 0 Å². The molecule has 110 valence electrons. The van der Waals surface area contributed by atoms with Crippen LogP contribution in [0.15, 0.2) is 6.20 Å². The van der Waals surface area contributed by atoms with Gasteiger partial charge in [0.05, 0.1) is 6.10 Å². The van der Waals surface area contributed by atoms with Gasteiger partial charge in [-0.3, -0.25) is 0 Å². The van der Waals surface area contributed by atoms with Crippen molar-refractivity contribution in [3.63, 3.8) is 0 Å². The van der Waals surface area contributed by atoms with Crippen molar-refractivity contribution >= 4 is 11.3 Å². The van der Waals surface area contributed by atoms with E-state index in [2.05, 4.69) is 10.3 Å². The molecular formula is C12H19F3N2OS. The maximum Gasteiger partial charge on any atom is 0.443 e. The SMILES string of the molecule is CCCNC(CC(C)OC)c1cnc(C(F)(F)F)s1. The van der Waals surface area contributed by atoms with E-state index >= 15 is 0 Å². The van der Waals surface area contributed by atoms with Crippen molar-refractivity contribution in [3.8, 4) is 0 Å². The molecule has 2 unspecified atom stereocenters. The van der Waals surface area contributed by atoms with Gasteiger partial charge >= 0.3 is 6.18 Å². The number of ether oxygens (including phenoxy) is 1. The van der Waals surface area contributed by atoms with Crippen molar-refractivity contribution < 1.29 is 17.9 Å².